The van der Waals surface area contributed by atoms with E-state index < -0.39 is 0 Å². The molecule has 0 radical (unpaired) electrons. The molecule has 0 saturated heterocycles. The minimum atomic E-state index is -0.299. The van der Waals surface area contributed by atoms with Crippen LogP contribution in [0.25, 0.3) is 0 Å². The predicted molar refractivity (Wildman–Crippen MR) is 33.4 cm³/mol. The van der Waals surface area contributed by atoms with Crippen LogP contribution in [0.3, 0.4) is 0 Å². The normalized spacial score (nSPS) is 10.5. The van der Waals surface area contributed by atoms with Gasteiger partial charge in [0.25, 0.3) is 6.79 Å². The maximum absolute atomic E-state index is 10.8. The van der Waals surface area contributed by atoms with Crippen molar-refractivity contribution in [1.82, 2.24) is 10.3 Å². The molecular formula is C5H10N2O4. The summed E-state index contributed by atoms with van der Waals surface area (Å²) in [6.07, 6.45) is 0. The predicted octanol–water partition coefficient (Wildman–Crippen LogP) is -0.00550. The molecule has 0 aromatic carbocycles. The van der Waals surface area contributed by atoms with Crippen LogP contribution >= 0.6 is 0 Å². The number of carbonyl (C=O) groups excluding carboxylic acids is 1. The third-order valence-electron chi connectivity index (χ3n) is 1.01. The minimum absolute atomic E-state index is 0.135. The Kier molecular flexibility index (Phi) is 2.25. The molecule has 1 aromatic rings. The zero-order valence-electron chi connectivity index (χ0n) is 6.36. The third-order valence-corrected chi connectivity index (χ3v) is 1.01. The fourth-order valence-electron chi connectivity index (χ4n) is 0.368. The van der Waals surface area contributed by atoms with Gasteiger partial charge in [0.2, 0.25) is 0 Å². The summed E-state index contributed by atoms with van der Waals surface area (Å²) >= 11 is 0. The molecule has 0 atom stereocenters. The number of H-pyrrole nitrogens is 1. The number of hydrogen-bond acceptors (Lipinski definition) is 4. The van der Waals surface area contributed by atoms with Crippen molar-refractivity contribution in [2.75, 3.05) is 6.79 Å². The summed E-state index contributed by atoms with van der Waals surface area (Å²) in [7, 11) is 0. The molecule has 6 heteroatoms. The van der Waals surface area contributed by atoms with Gasteiger partial charge >= 0.3 is 5.97 Å². The number of rotatable bonds is 4. The molecule has 1 rings (SSSR count). The van der Waals surface area contributed by atoms with Crippen molar-refractivity contribution >= 4 is 5.97 Å². The standard InChI is InChI=1S/C5H10N2O4/c1-4(2)5(8)9-3-10-7-6-11-7/h4,6H,3H2,1-2H3. The smallest absolute Gasteiger partial charge is 0.311 e. The van der Waals surface area contributed by atoms with Crippen molar-refractivity contribution in [2.45, 2.75) is 13.8 Å². The summed E-state index contributed by atoms with van der Waals surface area (Å²) in [5.74, 6) is -0.437. The molecule has 0 unspecified atom stereocenters. The first-order chi connectivity index (χ1) is 5.20. The Balaban J connectivity index is 2.03. The SMILES string of the molecule is CC(C)C(=O)OCOn1[nH]o1. The average Bonchev–Trinajstić information content (AvgIpc) is 2.71. The quantitative estimate of drug-likeness (QED) is 0.499. The van der Waals surface area contributed by atoms with Crippen molar-refractivity contribution < 1.29 is 19.0 Å². The van der Waals surface area contributed by atoms with E-state index in [0.29, 0.717) is 0 Å². The van der Waals surface area contributed by atoms with Crippen LogP contribution in [0.2, 0.25) is 0 Å². The van der Waals surface area contributed by atoms with Gasteiger partial charge in [-0.3, -0.25) is 4.79 Å². The highest BCUT2D eigenvalue weighted by Crippen LogP contribution is 1.94. The van der Waals surface area contributed by atoms with Gasteiger partial charge in [0.15, 0.2) is 0 Å². The summed E-state index contributed by atoms with van der Waals surface area (Å²) in [4.78, 5) is 15.4. The van der Waals surface area contributed by atoms with Crippen molar-refractivity contribution in [3.63, 3.8) is 0 Å². The van der Waals surface area contributed by atoms with Gasteiger partial charge in [-0.1, -0.05) is 19.1 Å². The fourth-order valence-corrected chi connectivity index (χ4v) is 0.368. The molecule has 0 aliphatic heterocycles. The van der Waals surface area contributed by atoms with E-state index in [1.807, 2.05) is 0 Å². The molecular weight excluding hydrogens is 152 g/mol. The Morgan fingerprint density at radius 3 is 2.82 bits per heavy atom. The monoisotopic (exact) mass is 162 g/mol. The van der Waals surface area contributed by atoms with Gasteiger partial charge in [-0.2, -0.15) is 0 Å². The number of esters is 1. The van der Waals surface area contributed by atoms with Crippen LogP contribution in [0.4, 0.5) is 0 Å². The second kappa shape index (κ2) is 3.18. The van der Waals surface area contributed by atoms with Crippen molar-refractivity contribution in [2.24, 2.45) is 5.92 Å². The molecule has 0 aliphatic carbocycles. The van der Waals surface area contributed by atoms with Crippen LogP contribution in [0, 0.1) is 5.92 Å². The lowest BCUT2D eigenvalue weighted by Crippen LogP contribution is -2.18. The van der Waals surface area contributed by atoms with Crippen molar-refractivity contribution in [3.8, 4) is 0 Å². The molecule has 0 bridgehead atoms. The number of nitrogens with one attached hydrogen (secondary N) is 1. The van der Waals surface area contributed by atoms with Gasteiger partial charge in [0.05, 0.1) is 10.9 Å². The topological polar surface area (TPSA) is 69.4 Å². The molecule has 1 N–H and O–H groups in total. The molecule has 0 saturated carbocycles. The van der Waals surface area contributed by atoms with Gasteiger partial charge in [0.1, 0.15) is 0 Å². The van der Waals surface area contributed by atoms with E-state index in [0.717, 1.165) is 5.02 Å². The Bertz CT molecular complexity index is 201. The van der Waals surface area contributed by atoms with E-state index in [1.165, 1.54) is 0 Å². The highest BCUT2D eigenvalue weighted by atomic mass is 17.0. The van der Waals surface area contributed by atoms with Crippen LogP contribution in [-0.2, 0) is 9.53 Å². The first-order valence-electron chi connectivity index (χ1n) is 3.22. The lowest BCUT2D eigenvalue weighted by atomic mass is 10.2. The van der Waals surface area contributed by atoms with Crippen LogP contribution in [-0.4, -0.2) is 23.1 Å². The van der Waals surface area contributed by atoms with Crippen LogP contribution < -0.4 is 4.84 Å². The van der Waals surface area contributed by atoms with Crippen molar-refractivity contribution in [1.29, 1.82) is 0 Å². The first-order valence-corrected chi connectivity index (χ1v) is 3.22. The minimum Gasteiger partial charge on any atom is -0.425 e. The molecule has 0 spiro atoms. The van der Waals surface area contributed by atoms with Crippen LogP contribution in [0.15, 0.2) is 4.63 Å². The molecule has 1 aromatic heterocycles. The Hall–Kier alpha value is -1.33. The number of aromatic nitrogens is 2. The van der Waals surface area contributed by atoms with Gasteiger partial charge in [-0.05, 0) is 0 Å². The van der Waals surface area contributed by atoms with Gasteiger partial charge < -0.3 is 9.57 Å². The molecule has 0 fully saturated rings. The van der Waals surface area contributed by atoms with E-state index >= 15 is 0 Å². The van der Waals surface area contributed by atoms with E-state index in [2.05, 4.69) is 19.5 Å². The molecule has 64 valence electrons. The highest BCUT2D eigenvalue weighted by molar-refractivity contribution is 5.71. The third kappa shape index (κ3) is 2.83. The van der Waals surface area contributed by atoms with Gasteiger partial charge in [-0.25, -0.2) is 4.63 Å². The summed E-state index contributed by atoms with van der Waals surface area (Å²) in [5.41, 5.74) is 0. The van der Waals surface area contributed by atoms with Crippen LogP contribution in [0.1, 0.15) is 13.8 Å². The number of nitrogens with zero attached hydrogens (tertiary/aromatic N) is 1. The largest absolute Gasteiger partial charge is 0.425 e. The summed E-state index contributed by atoms with van der Waals surface area (Å²) < 4.78 is 8.95. The zero-order valence-corrected chi connectivity index (χ0v) is 6.36. The van der Waals surface area contributed by atoms with E-state index in [-0.39, 0.29) is 18.7 Å². The van der Waals surface area contributed by atoms with Crippen LogP contribution in [0.5, 0.6) is 0 Å². The zero-order chi connectivity index (χ0) is 8.27. The summed E-state index contributed by atoms with van der Waals surface area (Å²) in [5, 5.41) is 3.24. The number of hydrogen-bond donors (Lipinski definition) is 1. The van der Waals surface area contributed by atoms with Gasteiger partial charge in [0, 0.05) is 0 Å². The van der Waals surface area contributed by atoms with E-state index in [1.54, 1.807) is 13.8 Å². The Morgan fingerprint density at radius 2 is 2.36 bits per heavy atom. The summed E-state index contributed by atoms with van der Waals surface area (Å²) in [6.45, 7) is 3.35. The first kappa shape index (κ1) is 7.77. The molecule has 6 nitrogen and oxygen atoms in total. The molecule has 0 amide bonds. The van der Waals surface area contributed by atoms with E-state index in [4.69, 9.17) is 0 Å². The fraction of sp³-hybridized carbons (Fsp3) is 0.800. The Labute approximate surface area is 62.9 Å². The second-order valence-electron chi connectivity index (χ2n) is 2.30. The highest BCUT2D eigenvalue weighted by Gasteiger charge is 2.08. The lowest BCUT2D eigenvalue weighted by molar-refractivity contribution is -0.162. The molecule has 0 aliphatic rings. The molecule has 1 heterocycles. The second-order valence-corrected chi connectivity index (χ2v) is 2.30. The number of aromatic amines is 1. The average molecular weight is 162 g/mol. The van der Waals surface area contributed by atoms with Crippen molar-refractivity contribution in [3.05, 3.63) is 0 Å². The maximum atomic E-state index is 10.8. The van der Waals surface area contributed by atoms with E-state index in [9.17, 15) is 4.79 Å². The van der Waals surface area contributed by atoms with Gasteiger partial charge in [-0.15, -0.1) is 0 Å². The number of ether oxygens (including phenoxy) is 1. The Morgan fingerprint density at radius 1 is 1.73 bits per heavy atom. The summed E-state index contributed by atoms with van der Waals surface area (Å²) in [6, 6.07) is 0. The maximum Gasteiger partial charge on any atom is 0.311 e. The lowest BCUT2D eigenvalue weighted by Gasteiger charge is -2.03. The number of carbonyl (C=O) groups is 1. The molecule has 11 heavy (non-hydrogen) atoms.